The highest BCUT2D eigenvalue weighted by Crippen LogP contribution is 2.23. The molecule has 0 aliphatic carbocycles. The third-order valence-electron chi connectivity index (χ3n) is 5.17. The summed E-state index contributed by atoms with van der Waals surface area (Å²) in [5.74, 6) is -0.465. The number of ketones is 1. The van der Waals surface area contributed by atoms with Crippen molar-refractivity contribution in [1.82, 2.24) is 14.5 Å². The van der Waals surface area contributed by atoms with Crippen molar-refractivity contribution >= 4 is 11.7 Å². The van der Waals surface area contributed by atoms with Gasteiger partial charge in [0.2, 0.25) is 5.95 Å². The van der Waals surface area contributed by atoms with Crippen LogP contribution in [0.4, 0.5) is 10.3 Å². The van der Waals surface area contributed by atoms with Crippen LogP contribution in [0.15, 0.2) is 53.6 Å². The van der Waals surface area contributed by atoms with Gasteiger partial charge in [-0.2, -0.15) is 0 Å². The summed E-state index contributed by atoms with van der Waals surface area (Å²) in [4.78, 5) is 35.9. The number of carbonyl (C=O) groups excluding carboxylic acids is 1. The van der Waals surface area contributed by atoms with E-state index < -0.39 is 11.9 Å². The van der Waals surface area contributed by atoms with Gasteiger partial charge in [0.05, 0.1) is 26.0 Å². The monoisotopic (exact) mass is 424 g/mol. The van der Waals surface area contributed by atoms with E-state index in [0.29, 0.717) is 18.2 Å². The van der Waals surface area contributed by atoms with Crippen LogP contribution in [0.25, 0.3) is 11.3 Å². The zero-order valence-corrected chi connectivity index (χ0v) is 17.1. The Morgan fingerprint density at radius 1 is 1.23 bits per heavy atom. The number of nitrogens with zero attached hydrogens (tertiary/aromatic N) is 4. The lowest BCUT2D eigenvalue weighted by Gasteiger charge is -2.33. The van der Waals surface area contributed by atoms with Crippen LogP contribution in [-0.2, 0) is 11.8 Å². The lowest BCUT2D eigenvalue weighted by atomic mass is 10.0. The number of methoxy groups -OCH3 is 1. The van der Waals surface area contributed by atoms with Crippen LogP contribution in [0.5, 0.6) is 5.75 Å². The van der Waals surface area contributed by atoms with Gasteiger partial charge >= 0.3 is 0 Å². The van der Waals surface area contributed by atoms with E-state index in [1.54, 1.807) is 31.6 Å². The van der Waals surface area contributed by atoms with E-state index in [0.717, 1.165) is 11.6 Å². The molecule has 1 aliphatic heterocycles. The molecular weight excluding hydrogens is 403 g/mol. The van der Waals surface area contributed by atoms with E-state index in [4.69, 9.17) is 9.47 Å². The highest BCUT2D eigenvalue weighted by Gasteiger charge is 2.30. The van der Waals surface area contributed by atoms with Gasteiger partial charge in [0.1, 0.15) is 6.10 Å². The second kappa shape index (κ2) is 8.65. The number of ether oxygens (including phenoxy) is 2. The smallest absolute Gasteiger partial charge is 0.255 e. The standard InChI is InChI=1S/C22H21FN4O4/c1-26-20(28)12-17(14-5-7-24-8-6-14)25-22(26)27-9-10-31-19(13-27)21(29)15-3-4-18(30-2)16(23)11-15/h3-8,11-12,19H,9-10,13H2,1-2H3. The Kier molecular flexibility index (Phi) is 5.77. The summed E-state index contributed by atoms with van der Waals surface area (Å²) < 4.78 is 26.0. The normalized spacial score (nSPS) is 16.2. The molecule has 9 heteroatoms. The van der Waals surface area contributed by atoms with Crippen molar-refractivity contribution in [2.45, 2.75) is 6.10 Å². The molecule has 8 nitrogen and oxygen atoms in total. The minimum absolute atomic E-state index is 0.0647. The molecule has 0 spiro atoms. The largest absolute Gasteiger partial charge is 0.494 e. The first-order valence-electron chi connectivity index (χ1n) is 9.70. The molecule has 1 fully saturated rings. The van der Waals surface area contributed by atoms with Crippen molar-refractivity contribution in [2.75, 3.05) is 31.7 Å². The molecule has 3 heterocycles. The summed E-state index contributed by atoms with van der Waals surface area (Å²) in [5.41, 5.74) is 1.26. The second-order valence-corrected chi connectivity index (χ2v) is 7.09. The summed E-state index contributed by atoms with van der Waals surface area (Å²) in [6, 6.07) is 9.06. The van der Waals surface area contributed by atoms with Crippen molar-refractivity contribution in [3.05, 3.63) is 70.5 Å². The molecule has 160 valence electrons. The average Bonchev–Trinajstić information content (AvgIpc) is 2.81. The SMILES string of the molecule is COc1ccc(C(=O)C2CN(c3nc(-c4ccncc4)cc(=O)n3C)CCO2)cc1F. The molecule has 1 atom stereocenters. The Labute approximate surface area is 177 Å². The maximum atomic E-state index is 14.0. The summed E-state index contributed by atoms with van der Waals surface area (Å²) in [7, 11) is 2.99. The van der Waals surface area contributed by atoms with Gasteiger partial charge in [-0.05, 0) is 30.3 Å². The molecule has 1 aromatic carbocycles. The topological polar surface area (TPSA) is 86.5 Å². The number of carbonyl (C=O) groups is 1. The predicted molar refractivity (Wildman–Crippen MR) is 112 cm³/mol. The number of benzene rings is 1. The molecular formula is C22H21FN4O4. The van der Waals surface area contributed by atoms with E-state index in [2.05, 4.69) is 9.97 Å². The molecule has 0 amide bonds. The van der Waals surface area contributed by atoms with Gasteiger partial charge in [-0.1, -0.05) is 0 Å². The molecule has 0 bridgehead atoms. The second-order valence-electron chi connectivity index (χ2n) is 7.09. The third kappa shape index (κ3) is 4.17. The van der Waals surface area contributed by atoms with Crippen LogP contribution >= 0.6 is 0 Å². The predicted octanol–water partition coefficient (Wildman–Crippen LogP) is 2.08. The quantitative estimate of drug-likeness (QED) is 0.580. The Morgan fingerprint density at radius 3 is 2.71 bits per heavy atom. The van der Waals surface area contributed by atoms with Gasteiger partial charge in [0.25, 0.3) is 5.56 Å². The van der Waals surface area contributed by atoms with Crippen LogP contribution in [0, 0.1) is 5.82 Å². The Balaban J connectivity index is 1.61. The van der Waals surface area contributed by atoms with Gasteiger partial charge in [-0.3, -0.25) is 19.1 Å². The maximum Gasteiger partial charge on any atom is 0.255 e. The van der Waals surface area contributed by atoms with E-state index in [-0.39, 0.29) is 35.8 Å². The van der Waals surface area contributed by atoms with Gasteiger partial charge in [0, 0.05) is 43.2 Å². The zero-order chi connectivity index (χ0) is 22.0. The molecule has 31 heavy (non-hydrogen) atoms. The van der Waals surface area contributed by atoms with Crippen LogP contribution in [0.1, 0.15) is 10.4 Å². The first-order valence-corrected chi connectivity index (χ1v) is 9.70. The van der Waals surface area contributed by atoms with Crippen molar-refractivity contribution in [3.8, 4) is 17.0 Å². The summed E-state index contributed by atoms with van der Waals surface area (Å²) in [5, 5.41) is 0. The fraction of sp³-hybridized carbons (Fsp3) is 0.273. The van der Waals surface area contributed by atoms with Crippen molar-refractivity contribution in [3.63, 3.8) is 0 Å². The van der Waals surface area contributed by atoms with Gasteiger partial charge in [0.15, 0.2) is 17.3 Å². The van der Waals surface area contributed by atoms with E-state index >= 15 is 0 Å². The van der Waals surface area contributed by atoms with Crippen LogP contribution < -0.4 is 15.2 Å². The van der Waals surface area contributed by atoms with E-state index in [9.17, 15) is 14.0 Å². The van der Waals surface area contributed by atoms with Crippen LogP contribution in [-0.4, -0.2) is 53.2 Å². The first kappa shape index (κ1) is 20.7. The molecule has 1 saturated heterocycles. The number of hydrogen-bond donors (Lipinski definition) is 0. The third-order valence-corrected chi connectivity index (χ3v) is 5.17. The number of morpholine rings is 1. The molecule has 1 unspecified atom stereocenters. The van der Waals surface area contributed by atoms with Crippen LogP contribution in [0.2, 0.25) is 0 Å². The number of Topliss-reactive ketones (excluding diaryl/α,β-unsaturated/α-hetero) is 1. The number of pyridine rings is 1. The Hall–Kier alpha value is -3.59. The highest BCUT2D eigenvalue weighted by atomic mass is 19.1. The van der Waals surface area contributed by atoms with E-state index in [1.165, 1.54) is 29.9 Å². The highest BCUT2D eigenvalue weighted by molar-refractivity contribution is 6.00. The van der Waals surface area contributed by atoms with Gasteiger partial charge in [-0.15, -0.1) is 0 Å². The fourth-order valence-corrected chi connectivity index (χ4v) is 3.48. The summed E-state index contributed by atoms with van der Waals surface area (Å²) in [6.45, 7) is 0.914. The van der Waals surface area contributed by atoms with Gasteiger partial charge < -0.3 is 14.4 Å². The van der Waals surface area contributed by atoms with Crippen molar-refractivity contribution < 1.29 is 18.7 Å². The van der Waals surface area contributed by atoms with Crippen molar-refractivity contribution in [1.29, 1.82) is 0 Å². The zero-order valence-electron chi connectivity index (χ0n) is 17.1. The minimum Gasteiger partial charge on any atom is -0.494 e. The maximum absolute atomic E-state index is 14.0. The fourth-order valence-electron chi connectivity index (χ4n) is 3.48. The molecule has 1 aliphatic rings. The minimum atomic E-state index is -0.817. The lowest BCUT2D eigenvalue weighted by Crippen LogP contribution is -2.48. The number of hydrogen-bond acceptors (Lipinski definition) is 7. The van der Waals surface area contributed by atoms with Crippen LogP contribution in [0.3, 0.4) is 0 Å². The van der Waals surface area contributed by atoms with Gasteiger partial charge in [-0.25, -0.2) is 9.37 Å². The first-order chi connectivity index (χ1) is 15.0. The molecule has 0 saturated carbocycles. The summed E-state index contributed by atoms with van der Waals surface area (Å²) >= 11 is 0. The average molecular weight is 424 g/mol. The Morgan fingerprint density at radius 2 is 2.00 bits per heavy atom. The molecule has 3 aromatic rings. The summed E-state index contributed by atoms with van der Waals surface area (Å²) in [6.07, 6.45) is 2.44. The number of rotatable bonds is 5. The lowest BCUT2D eigenvalue weighted by molar-refractivity contribution is 0.0336. The molecule has 0 radical (unpaired) electrons. The van der Waals surface area contributed by atoms with E-state index in [1.807, 2.05) is 4.90 Å². The Bertz CT molecular complexity index is 1170. The number of aromatic nitrogens is 3. The number of halogens is 1. The molecule has 0 N–H and O–H groups in total. The molecule has 2 aromatic heterocycles. The van der Waals surface area contributed by atoms with Crippen molar-refractivity contribution in [2.24, 2.45) is 7.05 Å². The number of anilines is 1. The molecule has 4 rings (SSSR count).